The normalized spacial score (nSPS) is 42.0. The van der Waals surface area contributed by atoms with Gasteiger partial charge in [-0.05, 0) is 25.2 Å². The Morgan fingerprint density at radius 2 is 2.29 bits per heavy atom. The molecule has 2 unspecified atom stereocenters. The van der Waals surface area contributed by atoms with E-state index in [0.29, 0.717) is 5.38 Å². The van der Waals surface area contributed by atoms with E-state index < -0.39 is 0 Å². The van der Waals surface area contributed by atoms with Gasteiger partial charge in [0.15, 0.2) is 0 Å². The van der Waals surface area contributed by atoms with Gasteiger partial charge in [0.25, 0.3) is 0 Å². The average Bonchev–Trinajstić information content (AvgIpc) is 1.87. The predicted molar refractivity (Wildman–Crippen MR) is 32.3 cm³/mol. The molecule has 0 saturated heterocycles. The molecule has 0 N–H and O–H groups in total. The predicted octanol–water partition coefficient (Wildman–Crippen LogP) is 2.23. The van der Waals surface area contributed by atoms with Crippen molar-refractivity contribution < 1.29 is 0 Å². The van der Waals surface area contributed by atoms with E-state index >= 15 is 0 Å². The summed E-state index contributed by atoms with van der Waals surface area (Å²) < 4.78 is 0. The Labute approximate surface area is 49.9 Å². The van der Waals surface area contributed by atoms with E-state index in [4.69, 9.17) is 11.6 Å². The Morgan fingerprint density at radius 1 is 1.57 bits per heavy atom. The van der Waals surface area contributed by atoms with Gasteiger partial charge in [-0.15, -0.1) is 11.6 Å². The first-order valence-electron chi connectivity index (χ1n) is 2.78. The summed E-state index contributed by atoms with van der Waals surface area (Å²) in [5.74, 6) is 0.766. The van der Waals surface area contributed by atoms with Gasteiger partial charge >= 0.3 is 0 Å². The molecule has 7 heavy (non-hydrogen) atoms. The Morgan fingerprint density at radius 3 is 2.43 bits per heavy atom. The Balaban J connectivity index is 2.26. The molecule has 1 rings (SSSR count). The molecule has 1 aliphatic carbocycles. The lowest BCUT2D eigenvalue weighted by molar-refractivity contribution is 0.692. The Hall–Kier alpha value is 0.290. The smallest absolute Gasteiger partial charge is 0.0370 e. The molecular formula is C6H10Cl. The van der Waals surface area contributed by atoms with Crippen LogP contribution in [0.5, 0.6) is 0 Å². The second kappa shape index (κ2) is 2.04. The molecule has 0 bridgehead atoms. The molecule has 0 aromatic rings. The van der Waals surface area contributed by atoms with Crippen LogP contribution in [0.1, 0.15) is 19.8 Å². The summed E-state index contributed by atoms with van der Waals surface area (Å²) in [6, 6.07) is 0. The first-order chi connectivity index (χ1) is 3.29. The molecule has 1 fully saturated rings. The zero-order valence-corrected chi connectivity index (χ0v) is 5.28. The lowest BCUT2D eigenvalue weighted by Crippen LogP contribution is -1.89. The zero-order valence-electron chi connectivity index (χ0n) is 4.52. The minimum atomic E-state index is 0.370. The van der Waals surface area contributed by atoms with E-state index in [1.54, 1.807) is 0 Å². The van der Waals surface area contributed by atoms with Crippen molar-refractivity contribution in [3.05, 3.63) is 6.42 Å². The van der Waals surface area contributed by atoms with Crippen LogP contribution in [-0.2, 0) is 0 Å². The highest BCUT2D eigenvalue weighted by atomic mass is 35.5. The van der Waals surface area contributed by atoms with Crippen LogP contribution in [-0.4, -0.2) is 5.38 Å². The summed E-state index contributed by atoms with van der Waals surface area (Å²) in [4.78, 5) is 0. The van der Waals surface area contributed by atoms with Gasteiger partial charge in [-0.2, -0.15) is 0 Å². The molecule has 0 amide bonds. The van der Waals surface area contributed by atoms with Crippen LogP contribution < -0.4 is 0 Å². The molecule has 1 heteroatoms. The van der Waals surface area contributed by atoms with Crippen molar-refractivity contribution in [2.24, 2.45) is 5.92 Å². The van der Waals surface area contributed by atoms with Crippen molar-refractivity contribution in [3.63, 3.8) is 0 Å². The standard InChI is InChI=1S/C6H10Cl/c1-5-2-3-6(7)4-5/h4-6H,2-3H2,1H3. The molecule has 1 saturated carbocycles. The quantitative estimate of drug-likeness (QED) is 0.427. The molecule has 0 aromatic carbocycles. The molecular weight excluding hydrogens is 108 g/mol. The first kappa shape index (κ1) is 5.43. The maximum Gasteiger partial charge on any atom is 0.0370 e. The summed E-state index contributed by atoms with van der Waals surface area (Å²) >= 11 is 5.75. The van der Waals surface area contributed by atoms with E-state index in [1.165, 1.54) is 12.8 Å². The maximum absolute atomic E-state index is 5.75. The van der Waals surface area contributed by atoms with Gasteiger partial charge in [-0.3, -0.25) is 0 Å². The van der Waals surface area contributed by atoms with Crippen LogP contribution in [0.3, 0.4) is 0 Å². The fraction of sp³-hybridized carbons (Fsp3) is 0.833. The number of hydrogen-bond donors (Lipinski definition) is 0. The third-order valence-corrected chi connectivity index (χ3v) is 1.80. The van der Waals surface area contributed by atoms with E-state index in [9.17, 15) is 0 Å². The fourth-order valence-corrected chi connectivity index (χ4v) is 1.35. The molecule has 0 aliphatic heterocycles. The molecule has 1 radical (unpaired) electrons. The topological polar surface area (TPSA) is 0 Å². The third-order valence-electron chi connectivity index (χ3n) is 1.44. The number of hydrogen-bond acceptors (Lipinski definition) is 0. The first-order valence-corrected chi connectivity index (χ1v) is 3.22. The van der Waals surface area contributed by atoms with E-state index in [-0.39, 0.29) is 0 Å². The van der Waals surface area contributed by atoms with Crippen molar-refractivity contribution in [2.75, 3.05) is 0 Å². The summed E-state index contributed by atoms with van der Waals surface area (Å²) in [6.45, 7) is 2.21. The van der Waals surface area contributed by atoms with E-state index in [1.807, 2.05) is 0 Å². The molecule has 41 valence electrons. The summed E-state index contributed by atoms with van der Waals surface area (Å²) in [7, 11) is 0. The minimum absolute atomic E-state index is 0.370. The highest BCUT2D eigenvalue weighted by Gasteiger charge is 2.18. The number of halogens is 1. The lowest BCUT2D eigenvalue weighted by Gasteiger charge is -1.93. The maximum atomic E-state index is 5.75. The highest BCUT2D eigenvalue weighted by molar-refractivity contribution is 6.21. The number of alkyl halides is 1. The van der Waals surface area contributed by atoms with Gasteiger partial charge in [-0.25, -0.2) is 0 Å². The minimum Gasteiger partial charge on any atom is -0.123 e. The van der Waals surface area contributed by atoms with Crippen molar-refractivity contribution >= 4 is 11.6 Å². The molecule has 0 aromatic heterocycles. The Bertz CT molecular complexity index is 53.2. The van der Waals surface area contributed by atoms with Crippen molar-refractivity contribution in [1.82, 2.24) is 0 Å². The lowest BCUT2D eigenvalue weighted by atomic mass is 10.2. The average molecular weight is 118 g/mol. The summed E-state index contributed by atoms with van der Waals surface area (Å²) in [5, 5.41) is 0.370. The van der Waals surface area contributed by atoms with Gasteiger partial charge in [0.05, 0.1) is 0 Å². The van der Waals surface area contributed by atoms with Gasteiger partial charge in [0.1, 0.15) is 0 Å². The summed E-state index contributed by atoms with van der Waals surface area (Å²) in [5.41, 5.74) is 0. The van der Waals surface area contributed by atoms with Gasteiger partial charge in [0.2, 0.25) is 0 Å². The van der Waals surface area contributed by atoms with Crippen molar-refractivity contribution in [3.8, 4) is 0 Å². The zero-order chi connectivity index (χ0) is 5.28. The molecule has 2 atom stereocenters. The molecule has 0 spiro atoms. The van der Waals surface area contributed by atoms with Crippen LogP contribution in [0.25, 0.3) is 0 Å². The number of rotatable bonds is 0. The fourth-order valence-electron chi connectivity index (χ4n) is 0.971. The largest absolute Gasteiger partial charge is 0.123 e. The summed E-state index contributed by atoms with van der Waals surface area (Å²) in [6.07, 6.45) is 4.68. The van der Waals surface area contributed by atoms with Crippen molar-refractivity contribution in [2.45, 2.75) is 25.1 Å². The van der Waals surface area contributed by atoms with Crippen molar-refractivity contribution in [1.29, 1.82) is 0 Å². The van der Waals surface area contributed by atoms with E-state index in [2.05, 4.69) is 13.3 Å². The van der Waals surface area contributed by atoms with Gasteiger partial charge < -0.3 is 0 Å². The third kappa shape index (κ3) is 1.34. The van der Waals surface area contributed by atoms with E-state index in [0.717, 1.165) is 5.92 Å². The van der Waals surface area contributed by atoms with Crippen LogP contribution in [0.15, 0.2) is 0 Å². The molecule has 0 nitrogen and oxygen atoms in total. The van der Waals surface area contributed by atoms with Gasteiger partial charge in [-0.1, -0.05) is 6.92 Å². The second-order valence-corrected chi connectivity index (χ2v) is 2.82. The highest BCUT2D eigenvalue weighted by Crippen LogP contribution is 2.27. The van der Waals surface area contributed by atoms with Crippen LogP contribution in [0, 0.1) is 12.3 Å². The molecule has 0 heterocycles. The van der Waals surface area contributed by atoms with Crippen LogP contribution in [0.2, 0.25) is 0 Å². The monoisotopic (exact) mass is 117 g/mol. The SMILES string of the molecule is CC1[CH]C(Cl)CC1. The van der Waals surface area contributed by atoms with Gasteiger partial charge in [0, 0.05) is 5.38 Å². The van der Waals surface area contributed by atoms with Crippen LogP contribution in [0.4, 0.5) is 0 Å². The second-order valence-electron chi connectivity index (χ2n) is 2.26. The Kier molecular flexibility index (Phi) is 1.58. The van der Waals surface area contributed by atoms with Crippen LogP contribution >= 0.6 is 11.6 Å². The molecule has 1 aliphatic rings.